The van der Waals surface area contributed by atoms with Crippen LogP contribution in [0.5, 0.6) is 0 Å². The van der Waals surface area contributed by atoms with Crippen molar-refractivity contribution in [3.63, 3.8) is 0 Å². The second kappa shape index (κ2) is 10.2. The first-order valence-electron chi connectivity index (χ1n) is 10.3. The molecule has 164 valence electrons. The van der Waals surface area contributed by atoms with Crippen LogP contribution >= 0.6 is 11.6 Å². The van der Waals surface area contributed by atoms with Gasteiger partial charge in [0.15, 0.2) is 0 Å². The van der Waals surface area contributed by atoms with E-state index in [2.05, 4.69) is 10.6 Å². The van der Waals surface area contributed by atoms with Gasteiger partial charge >= 0.3 is 5.97 Å². The number of hydrogen-bond acceptors (Lipinski definition) is 6. The van der Waals surface area contributed by atoms with Gasteiger partial charge < -0.3 is 25.0 Å². The van der Waals surface area contributed by atoms with E-state index in [0.29, 0.717) is 30.3 Å². The molecule has 0 saturated carbocycles. The summed E-state index contributed by atoms with van der Waals surface area (Å²) in [7, 11) is 0. The van der Waals surface area contributed by atoms with Gasteiger partial charge in [-0.05, 0) is 38.3 Å². The van der Waals surface area contributed by atoms with Gasteiger partial charge in [0.2, 0.25) is 12.2 Å². The molecule has 0 radical (unpaired) electrons. The lowest BCUT2D eigenvalue weighted by Gasteiger charge is -2.27. The van der Waals surface area contributed by atoms with E-state index in [1.807, 2.05) is 19.9 Å². The van der Waals surface area contributed by atoms with Gasteiger partial charge in [0.1, 0.15) is 0 Å². The number of cyclic esters (lactones) is 1. The average Bonchev–Trinajstić information content (AvgIpc) is 3.32. The number of rotatable bonds is 8. The number of benzene rings is 1. The smallest absolute Gasteiger partial charge is 0.309 e. The fourth-order valence-electron chi connectivity index (χ4n) is 3.86. The molecular weight excluding hydrogens is 410 g/mol. The monoisotopic (exact) mass is 437 g/mol. The molecule has 0 aromatic heterocycles. The normalized spacial score (nSPS) is 23.5. The molecule has 2 heterocycles. The summed E-state index contributed by atoms with van der Waals surface area (Å²) in [5.74, 6) is -0.800. The first-order chi connectivity index (χ1) is 14.4. The van der Waals surface area contributed by atoms with Gasteiger partial charge in [-0.25, -0.2) is 0 Å². The van der Waals surface area contributed by atoms with Crippen LogP contribution in [0.3, 0.4) is 0 Å². The second-order valence-electron chi connectivity index (χ2n) is 7.53. The quantitative estimate of drug-likeness (QED) is 0.600. The predicted octanol–water partition coefficient (Wildman–Crippen LogP) is 1.64. The molecule has 3 rings (SSSR count). The Morgan fingerprint density at radius 3 is 2.93 bits per heavy atom. The van der Waals surface area contributed by atoms with Crippen LogP contribution in [0.1, 0.15) is 42.1 Å². The Morgan fingerprint density at radius 2 is 2.17 bits per heavy atom. The zero-order valence-electron chi connectivity index (χ0n) is 17.3. The highest BCUT2D eigenvalue weighted by Gasteiger charge is 2.37. The van der Waals surface area contributed by atoms with E-state index in [0.717, 1.165) is 18.4 Å². The summed E-state index contributed by atoms with van der Waals surface area (Å²) in [6.45, 7) is 5.21. The molecule has 1 aromatic rings. The summed E-state index contributed by atoms with van der Waals surface area (Å²) >= 11 is 6.19. The summed E-state index contributed by atoms with van der Waals surface area (Å²) in [5.41, 5.74) is 1.16. The van der Waals surface area contributed by atoms with Crippen molar-refractivity contribution >= 4 is 29.4 Å². The number of aryl methyl sites for hydroxylation is 1. The molecular formula is C21H28ClN3O5. The van der Waals surface area contributed by atoms with Crippen molar-refractivity contribution < 1.29 is 23.9 Å². The minimum Gasteiger partial charge on any atom is -0.434 e. The van der Waals surface area contributed by atoms with E-state index in [-0.39, 0.29) is 42.8 Å². The van der Waals surface area contributed by atoms with Crippen LogP contribution in [0.2, 0.25) is 5.02 Å². The maximum absolute atomic E-state index is 12.7. The Labute approximate surface area is 181 Å². The van der Waals surface area contributed by atoms with E-state index in [1.165, 1.54) is 0 Å². The van der Waals surface area contributed by atoms with Crippen LogP contribution in [0, 0.1) is 6.92 Å². The number of esters is 1. The minimum absolute atomic E-state index is 0.00469. The van der Waals surface area contributed by atoms with Crippen molar-refractivity contribution in [2.24, 2.45) is 0 Å². The minimum atomic E-state index is -0.591. The van der Waals surface area contributed by atoms with E-state index in [9.17, 15) is 14.4 Å². The zero-order chi connectivity index (χ0) is 21.7. The molecule has 3 atom stereocenters. The van der Waals surface area contributed by atoms with Crippen molar-refractivity contribution in [3.8, 4) is 0 Å². The van der Waals surface area contributed by atoms with Gasteiger partial charge in [0, 0.05) is 25.7 Å². The molecule has 30 heavy (non-hydrogen) atoms. The molecule has 2 amide bonds. The van der Waals surface area contributed by atoms with E-state index < -0.39 is 6.29 Å². The summed E-state index contributed by atoms with van der Waals surface area (Å²) in [5, 5.41) is 6.37. The number of nitrogens with zero attached hydrogens (tertiary/aromatic N) is 1. The molecule has 0 spiro atoms. The van der Waals surface area contributed by atoms with Gasteiger partial charge in [-0.1, -0.05) is 23.7 Å². The lowest BCUT2D eigenvalue weighted by molar-refractivity contribution is -0.163. The van der Waals surface area contributed by atoms with Crippen molar-refractivity contribution in [1.29, 1.82) is 0 Å². The fourth-order valence-corrected chi connectivity index (χ4v) is 4.07. The Hall–Kier alpha value is -2.16. The Morgan fingerprint density at radius 1 is 1.37 bits per heavy atom. The molecule has 2 N–H and O–H groups in total. The molecule has 9 heteroatoms. The predicted molar refractivity (Wildman–Crippen MR) is 111 cm³/mol. The van der Waals surface area contributed by atoms with Gasteiger partial charge in [0.25, 0.3) is 5.91 Å². The van der Waals surface area contributed by atoms with Crippen LogP contribution in [-0.2, 0) is 19.1 Å². The number of carbonyl (C=O) groups excluding carboxylic acids is 3. The van der Waals surface area contributed by atoms with E-state index in [1.54, 1.807) is 17.0 Å². The lowest BCUT2D eigenvalue weighted by atomic mass is 10.1. The van der Waals surface area contributed by atoms with Gasteiger partial charge in [-0.15, -0.1) is 0 Å². The van der Waals surface area contributed by atoms with Crippen LogP contribution in [0.15, 0.2) is 18.2 Å². The number of likely N-dealkylation sites (tertiary alicyclic amines) is 1. The van der Waals surface area contributed by atoms with Crippen LogP contribution < -0.4 is 10.6 Å². The third-order valence-electron chi connectivity index (χ3n) is 5.44. The largest absolute Gasteiger partial charge is 0.434 e. The number of ether oxygens (including phenoxy) is 2. The number of amides is 2. The highest BCUT2D eigenvalue weighted by Crippen LogP contribution is 2.21. The van der Waals surface area contributed by atoms with Crippen LogP contribution in [-0.4, -0.2) is 67.3 Å². The number of carbonyl (C=O) groups is 3. The standard InChI is InChI=1S/C21H28ClN3O5/c1-3-29-21-16(10-18(27)30-21)23-11-14-7-5-9-25(14)17(26)12-24-20(28)15-8-4-6-13(2)19(15)22/h4,6,8,14,16,21,23H,3,5,7,9-12H2,1-2H3,(H,24,28)/t14-,16-,21+/m0/s1. The maximum Gasteiger partial charge on any atom is 0.309 e. The van der Waals surface area contributed by atoms with Crippen LogP contribution in [0.4, 0.5) is 0 Å². The highest BCUT2D eigenvalue weighted by atomic mass is 35.5. The van der Waals surface area contributed by atoms with Crippen molar-refractivity contribution in [1.82, 2.24) is 15.5 Å². The summed E-state index contributed by atoms with van der Waals surface area (Å²) in [4.78, 5) is 38.5. The molecule has 8 nitrogen and oxygen atoms in total. The summed E-state index contributed by atoms with van der Waals surface area (Å²) in [6.07, 6.45) is 1.41. The van der Waals surface area contributed by atoms with Crippen molar-refractivity contribution in [2.75, 3.05) is 26.2 Å². The second-order valence-corrected chi connectivity index (χ2v) is 7.91. The van der Waals surface area contributed by atoms with E-state index >= 15 is 0 Å². The Bertz CT molecular complexity index is 803. The maximum atomic E-state index is 12.7. The highest BCUT2D eigenvalue weighted by molar-refractivity contribution is 6.34. The number of nitrogens with one attached hydrogen (secondary N) is 2. The Kier molecular flexibility index (Phi) is 7.69. The fraction of sp³-hybridized carbons (Fsp3) is 0.571. The van der Waals surface area contributed by atoms with Crippen molar-refractivity contribution in [2.45, 2.75) is 51.5 Å². The van der Waals surface area contributed by atoms with Crippen LogP contribution in [0.25, 0.3) is 0 Å². The first kappa shape index (κ1) is 22.5. The third kappa shape index (κ3) is 5.30. The summed E-state index contributed by atoms with van der Waals surface area (Å²) in [6, 6.07) is 4.99. The molecule has 2 saturated heterocycles. The molecule has 0 unspecified atom stereocenters. The molecule has 0 aliphatic carbocycles. The third-order valence-corrected chi connectivity index (χ3v) is 5.95. The van der Waals surface area contributed by atoms with E-state index in [4.69, 9.17) is 21.1 Å². The van der Waals surface area contributed by atoms with Gasteiger partial charge in [0.05, 0.1) is 29.6 Å². The van der Waals surface area contributed by atoms with Gasteiger partial charge in [-0.3, -0.25) is 14.4 Å². The molecule has 2 aliphatic heterocycles. The molecule has 0 bridgehead atoms. The summed E-state index contributed by atoms with van der Waals surface area (Å²) < 4.78 is 10.6. The molecule has 2 fully saturated rings. The first-order valence-corrected chi connectivity index (χ1v) is 10.7. The molecule has 2 aliphatic rings. The Balaban J connectivity index is 1.51. The molecule has 1 aromatic carbocycles. The number of hydrogen-bond donors (Lipinski definition) is 2. The van der Waals surface area contributed by atoms with Crippen molar-refractivity contribution in [3.05, 3.63) is 34.3 Å². The zero-order valence-corrected chi connectivity index (χ0v) is 18.0. The van der Waals surface area contributed by atoms with Gasteiger partial charge in [-0.2, -0.15) is 0 Å². The number of halogens is 1. The SMILES string of the molecule is CCO[C@@H]1OC(=O)C[C@@H]1NC[C@@H]1CCCN1C(=O)CNC(=O)c1cccc(C)c1Cl. The topological polar surface area (TPSA) is 97.0 Å². The average molecular weight is 438 g/mol. The lowest BCUT2D eigenvalue weighted by Crippen LogP contribution is -2.49.